The van der Waals surface area contributed by atoms with Crippen LogP contribution in [-0.2, 0) is 0 Å². The SMILES string of the molecule is CC1CC1COc1ccc(F)c([C@H](C)N)c1. The van der Waals surface area contributed by atoms with Gasteiger partial charge in [-0.3, -0.25) is 0 Å². The topological polar surface area (TPSA) is 35.2 Å². The van der Waals surface area contributed by atoms with Gasteiger partial charge in [-0.25, -0.2) is 4.39 Å². The van der Waals surface area contributed by atoms with Gasteiger partial charge in [-0.05, 0) is 43.4 Å². The van der Waals surface area contributed by atoms with E-state index in [1.54, 1.807) is 19.1 Å². The lowest BCUT2D eigenvalue weighted by atomic mass is 10.1. The molecule has 0 saturated heterocycles. The van der Waals surface area contributed by atoms with Crippen LogP contribution in [0, 0.1) is 17.7 Å². The van der Waals surface area contributed by atoms with Gasteiger partial charge in [0.2, 0.25) is 0 Å². The largest absolute Gasteiger partial charge is 0.493 e. The first kappa shape index (κ1) is 11.4. The minimum absolute atomic E-state index is 0.262. The lowest BCUT2D eigenvalue weighted by Crippen LogP contribution is -2.08. The Morgan fingerprint density at radius 2 is 2.25 bits per heavy atom. The van der Waals surface area contributed by atoms with Crippen LogP contribution in [-0.4, -0.2) is 6.61 Å². The zero-order valence-electron chi connectivity index (χ0n) is 9.74. The summed E-state index contributed by atoms with van der Waals surface area (Å²) in [7, 11) is 0. The number of ether oxygens (including phenoxy) is 1. The monoisotopic (exact) mass is 223 g/mol. The van der Waals surface area contributed by atoms with E-state index in [2.05, 4.69) is 6.92 Å². The maximum absolute atomic E-state index is 13.4. The number of halogens is 1. The highest BCUT2D eigenvalue weighted by Crippen LogP contribution is 2.38. The van der Waals surface area contributed by atoms with Crippen molar-refractivity contribution in [2.24, 2.45) is 17.6 Å². The molecule has 0 amide bonds. The fourth-order valence-corrected chi connectivity index (χ4v) is 1.80. The second kappa shape index (κ2) is 4.42. The Morgan fingerprint density at radius 3 is 2.81 bits per heavy atom. The average molecular weight is 223 g/mol. The van der Waals surface area contributed by atoms with Crippen LogP contribution in [0.15, 0.2) is 18.2 Å². The molecule has 88 valence electrons. The van der Waals surface area contributed by atoms with E-state index in [-0.39, 0.29) is 11.9 Å². The second-order valence-corrected chi connectivity index (χ2v) is 4.76. The zero-order valence-corrected chi connectivity index (χ0v) is 9.74. The van der Waals surface area contributed by atoms with Crippen LogP contribution in [0.4, 0.5) is 4.39 Å². The van der Waals surface area contributed by atoms with E-state index in [0.29, 0.717) is 17.2 Å². The Bertz CT molecular complexity index is 378. The highest BCUT2D eigenvalue weighted by Gasteiger charge is 2.33. The van der Waals surface area contributed by atoms with Crippen LogP contribution in [0.3, 0.4) is 0 Å². The van der Waals surface area contributed by atoms with Gasteiger partial charge in [-0.15, -0.1) is 0 Å². The Labute approximate surface area is 95.6 Å². The van der Waals surface area contributed by atoms with E-state index in [1.165, 1.54) is 12.5 Å². The third kappa shape index (κ3) is 2.53. The molecular formula is C13H18FNO. The van der Waals surface area contributed by atoms with Crippen molar-refractivity contribution in [2.45, 2.75) is 26.3 Å². The fraction of sp³-hybridized carbons (Fsp3) is 0.538. The summed E-state index contributed by atoms with van der Waals surface area (Å²) in [4.78, 5) is 0. The van der Waals surface area contributed by atoms with Crippen molar-refractivity contribution < 1.29 is 9.13 Å². The summed E-state index contributed by atoms with van der Waals surface area (Å²) >= 11 is 0. The molecule has 2 N–H and O–H groups in total. The molecule has 0 spiro atoms. The predicted octanol–water partition coefficient (Wildman–Crippen LogP) is 2.88. The van der Waals surface area contributed by atoms with Gasteiger partial charge in [0.05, 0.1) is 6.61 Å². The molecule has 2 rings (SSSR count). The molecule has 16 heavy (non-hydrogen) atoms. The molecule has 0 aromatic heterocycles. The molecular weight excluding hydrogens is 205 g/mol. The first-order valence-corrected chi connectivity index (χ1v) is 5.75. The van der Waals surface area contributed by atoms with Gasteiger partial charge in [0.1, 0.15) is 11.6 Å². The second-order valence-electron chi connectivity index (χ2n) is 4.76. The van der Waals surface area contributed by atoms with Crippen molar-refractivity contribution in [3.8, 4) is 5.75 Å². The van der Waals surface area contributed by atoms with E-state index in [9.17, 15) is 4.39 Å². The Hall–Kier alpha value is -1.09. The maximum Gasteiger partial charge on any atom is 0.128 e. The molecule has 2 nitrogen and oxygen atoms in total. The molecule has 1 aromatic carbocycles. The van der Waals surface area contributed by atoms with Crippen LogP contribution in [0.1, 0.15) is 31.9 Å². The van der Waals surface area contributed by atoms with E-state index in [4.69, 9.17) is 10.5 Å². The van der Waals surface area contributed by atoms with E-state index < -0.39 is 0 Å². The number of hydrogen-bond donors (Lipinski definition) is 1. The predicted molar refractivity (Wildman–Crippen MR) is 61.8 cm³/mol. The molecule has 0 heterocycles. The highest BCUT2D eigenvalue weighted by molar-refractivity contribution is 5.31. The lowest BCUT2D eigenvalue weighted by Gasteiger charge is -2.11. The zero-order chi connectivity index (χ0) is 11.7. The Kier molecular flexibility index (Phi) is 3.15. The summed E-state index contributed by atoms with van der Waals surface area (Å²) in [5, 5.41) is 0. The van der Waals surface area contributed by atoms with Crippen molar-refractivity contribution in [3.63, 3.8) is 0 Å². The molecule has 0 radical (unpaired) electrons. The number of nitrogens with two attached hydrogens (primary N) is 1. The molecule has 1 aliphatic rings. The molecule has 0 aliphatic heterocycles. The summed E-state index contributed by atoms with van der Waals surface area (Å²) in [6, 6.07) is 4.48. The van der Waals surface area contributed by atoms with Crippen LogP contribution >= 0.6 is 0 Å². The molecule has 1 aromatic rings. The third-order valence-electron chi connectivity index (χ3n) is 3.20. The van der Waals surface area contributed by atoms with Crippen LogP contribution in [0.2, 0.25) is 0 Å². The smallest absolute Gasteiger partial charge is 0.128 e. The van der Waals surface area contributed by atoms with Crippen molar-refractivity contribution in [1.29, 1.82) is 0 Å². The maximum atomic E-state index is 13.4. The molecule has 2 unspecified atom stereocenters. The van der Waals surface area contributed by atoms with Gasteiger partial charge in [0.25, 0.3) is 0 Å². The average Bonchev–Trinajstić information content (AvgIpc) is 2.93. The fourth-order valence-electron chi connectivity index (χ4n) is 1.80. The normalized spacial score (nSPS) is 25.2. The first-order valence-electron chi connectivity index (χ1n) is 5.75. The molecule has 3 heteroatoms. The Balaban J connectivity index is 2.01. The van der Waals surface area contributed by atoms with Gasteiger partial charge in [-0.2, -0.15) is 0 Å². The third-order valence-corrected chi connectivity index (χ3v) is 3.20. The minimum Gasteiger partial charge on any atom is -0.493 e. The Morgan fingerprint density at radius 1 is 1.56 bits per heavy atom. The van der Waals surface area contributed by atoms with E-state index >= 15 is 0 Å². The van der Waals surface area contributed by atoms with Crippen molar-refractivity contribution >= 4 is 0 Å². The van der Waals surface area contributed by atoms with Crippen LogP contribution in [0.25, 0.3) is 0 Å². The molecule has 0 bridgehead atoms. The molecule has 1 saturated carbocycles. The van der Waals surface area contributed by atoms with E-state index in [0.717, 1.165) is 12.5 Å². The quantitative estimate of drug-likeness (QED) is 0.851. The standard InChI is InChI=1S/C13H18FNO/c1-8-5-10(8)7-16-11-3-4-13(14)12(6-11)9(2)15/h3-4,6,8-10H,5,7,15H2,1-2H3/t8?,9-,10?/m0/s1. The lowest BCUT2D eigenvalue weighted by molar-refractivity contribution is 0.292. The van der Waals surface area contributed by atoms with Gasteiger partial charge in [0.15, 0.2) is 0 Å². The highest BCUT2D eigenvalue weighted by atomic mass is 19.1. The number of benzene rings is 1. The summed E-state index contributed by atoms with van der Waals surface area (Å²) in [6.07, 6.45) is 1.24. The van der Waals surface area contributed by atoms with Gasteiger partial charge >= 0.3 is 0 Å². The van der Waals surface area contributed by atoms with Gasteiger partial charge < -0.3 is 10.5 Å². The molecule has 1 aliphatic carbocycles. The van der Waals surface area contributed by atoms with Crippen LogP contribution < -0.4 is 10.5 Å². The number of hydrogen-bond acceptors (Lipinski definition) is 2. The molecule has 3 atom stereocenters. The van der Waals surface area contributed by atoms with Crippen LogP contribution in [0.5, 0.6) is 5.75 Å². The van der Waals surface area contributed by atoms with Crippen molar-refractivity contribution in [2.75, 3.05) is 6.61 Å². The summed E-state index contributed by atoms with van der Waals surface area (Å²) in [6.45, 7) is 4.71. The first-order chi connectivity index (χ1) is 7.58. The van der Waals surface area contributed by atoms with Crippen molar-refractivity contribution in [3.05, 3.63) is 29.6 Å². The van der Waals surface area contributed by atoms with Crippen molar-refractivity contribution in [1.82, 2.24) is 0 Å². The summed E-state index contributed by atoms with van der Waals surface area (Å²) in [5.41, 5.74) is 6.19. The van der Waals surface area contributed by atoms with E-state index in [1.807, 2.05) is 0 Å². The summed E-state index contributed by atoms with van der Waals surface area (Å²) < 4.78 is 19.0. The minimum atomic E-state index is -0.302. The van der Waals surface area contributed by atoms with Gasteiger partial charge in [0, 0.05) is 11.6 Å². The molecule has 1 fully saturated rings. The summed E-state index contributed by atoms with van der Waals surface area (Å²) in [5.74, 6) is 1.90. The van der Waals surface area contributed by atoms with Gasteiger partial charge in [-0.1, -0.05) is 6.92 Å². The number of rotatable bonds is 4.